The maximum absolute atomic E-state index is 11.7. The minimum atomic E-state index is -0.160. The molecule has 0 bridgehead atoms. The summed E-state index contributed by atoms with van der Waals surface area (Å²) in [7, 11) is 0. The number of hydrogen-bond acceptors (Lipinski definition) is 4. The molecule has 6 heteroatoms. The van der Waals surface area contributed by atoms with Gasteiger partial charge >= 0.3 is 0 Å². The van der Waals surface area contributed by atoms with Gasteiger partial charge in [-0.1, -0.05) is 5.16 Å². The third kappa shape index (κ3) is 3.71. The molecule has 2 atom stereocenters. The van der Waals surface area contributed by atoms with Crippen molar-refractivity contribution in [2.75, 3.05) is 13.1 Å². The first kappa shape index (κ1) is 14.0. The number of nitrogens with zero attached hydrogens (tertiary/aromatic N) is 1. The van der Waals surface area contributed by atoms with Gasteiger partial charge in [-0.2, -0.15) is 0 Å². The highest BCUT2D eigenvalue weighted by Crippen LogP contribution is 2.14. The molecule has 1 aromatic rings. The van der Waals surface area contributed by atoms with Crippen LogP contribution in [-0.2, 0) is 0 Å². The summed E-state index contributed by atoms with van der Waals surface area (Å²) in [6, 6.07) is 1.73. The highest BCUT2D eigenvalue weighted by Gasteiger charge is 2.22. The molecule has 1 aromatic heterocycles. The molecule has 5 nitrogen and oxygen atoms in total. The fraction of sp³-hybridized carbons (Fsp3) is 0.636. The Hall–Kier alpha value is -1.07. The van der Waals surface area contributed by atoms with Crippen LogP contribution in [-0.4, -0.2) is 30.2 Å². The average molecular weight is 260 g/mol. The van der Waals surface area contributed by atoms with Gasteiger partial charge in [-0.15, -0.1) is 12.4 Å². The van der Waals surface area contributed by atoms with Gasteiger partial charge in [-0.3, -0.25) is 4.79 Å². The van der Waals surface area contributed by atoms with E-state index in [2.05, 4.69) is 20.3 Å². The zero-order valence-corrected chi connectivity index (χ0v) is 10.6. The zero-order chi connectivity index (χ0) is 11.4. The Morgan fingerprint density at radius 1 is 1.71 bits per heavy atom. The number of carbonyl (C=O) groups excluding carboxylic acids is 1. The first-order valence-corrected chi connectivity index (χ1v) is 5.69. The smallest absolute Gasteiger partial charge is 0.273 e. The first-order chi connectivity index (χ1) is 7.77. The van der Waals surface area contributed by atoms with E-state index in [1.54, 1.807) is 6.07 Å². The Morgan fingerprint density at radius 3 is 3.12 bits per heavy atom. The van der Waals surface area contributed by atoms with Crippen LogP contribution < -0.4 is 10.6 Å². The van der Waals surface area contributed by atoms with Gasteiger partial charge in [0, 0.05) is 12.1 Å². The third-order valence-corrected chi connectivity index (χ3v) is 3.07. The van der Waals surface area contributed by atoms with Gasteiger partial charge in [0.25, 0.3) is 5.91 Å². The highest BCUT2D eigenvalue weighted by molar-refractivity contribution is 5.92. The van der Waals surface area contributed by atoms with E-state index in [-0.39, 0.29) is 24.4 Å². The second-order valence-electron chi connectivity index (χ2n) is 4.25. The lowest BCUT2D eigenvalue weighted by atomic mass is 9.93. The first-order valence-electron chi connectivity index (χ1n) is 5.69. The van der Waals surface area contributed by atoms with Gasteiger partial charge in [0.15, 0.2) is 5.69 Å². The molecule has 1 aliphatic rings. The second kappa shape index (κ2) is 6.61. The minimum absolute atomic E-state index is 0. The van der Waals surface area contributed by atoms with Crippen molar-refractivity contribution >= 4 is 18.3 Å². The standard InChI is InChI=1S/C11H17N3O2.ClH/c1-8(9-3-2-5-12-7-9)13-11(15)10-4-6-16-14-10;/h4,6,8-9,12H,2-3,5,7H2,1H3,(H,13,15);1H. The van der Waals surface area contributed by atoms with E-state index in [9.17, 15) is 4.79 Å². The number of rotatable bonds is 3. The number of aromatic nitrogens is 1. The lowest BCUT2D eigenvalue weighted by Gasteiger charge is -2.28. The molecular weight excluding hydrogens is 242 g/mol. The summed E-state index contributed by atoms with van der Waals surface area (Å²) >= 11 is 0. The summed E-state index contributed by atoms with van der Waals surface area (Å²) in [4.78, 5) is 11.7. The molecule has 0 aliphatic carbocycles. The number of carbonyl (C=O) groups is 1. The average Bonchev–Trinajstić information content (AvgIpc) is 2.83. The molecule has 1 saturated heterocycles. The summed E-state index contributed by atoms with van der Waals surface area (Å²) in [5.41, 5.74) is 0.343. The fourth-order valence-corrected chi connectivity index (χ4v) is 2.03. The van der Waals surface area contributed by atoms with Crippen LogP contribution in [0, 0.1) is 5.92 Å². The van der Waals surface area contributed by atoms with Crippen LogP contribution in [0.1, 0.15) is 30.3 Å². The van der Waals surface area contributed by atoms with Gasteiger partial charge < -0.3 is 15.2 Å². The molecule has 0 aromatic carbocycles. The molecule has 0 spiro atoms. The van der Waals surface area contributed by atoms with Crippen LogP contribution in [0.25, 0.3) is 0 Å². The summed E-state index contributed by atoms with van der Waals surface area (Å²) in [5, 5.41) is 9.90. The molecule has 0 radical (unpaired) electrons. The number of hydrogen-bond donors (Lipinski definition) is 2. The molecule has 0 saturated carbocycles. The maximum atomic E-state index is 11.7. The van der Waals surface area contributed by atoms with E-state index in [4.69, 9.17) is 0 Å². The Morgan fingerprint density at radius 2 is 2.53 bits per heavy atom. The topological polar surface area (TPSA) is 67.2 Å². The van der Waals surface area contributed by atoms with Crippen molar-refractivity contribution in [2.24, 2.45) is 5.92 Å². The minimum Gasteiger partial charge on any atom is -0.364 e. The lowest BCUT2D eigenvalue weighted by molar-refractivity contribution is 0.0912. The van der Waals surface area contributed by atoms with E-state index >= 15 is 0 Å². The van der Waals surface area contributed by atoms with Crippen molar-refractivity contribution in [2.45, 2.75) is 25.8 Å². The van der Waals surface area contributed by atoms with Crippen molar-refractivity contribution < 1.29 is 9.32 Å². The molecule has 2 rings (SSSR count). The molecular formula is C11H18ClN3O2. The quantitative estimate of drug-likeness (QED) is 0.856. The van der Waals surface area contributed by atoms with Crippen LogP contribution in [0.2, 0.25) is 0 Å². The van der Waals surface area contributed by atoms with Crippen molar-refractivity contribution in [1.29, 1.82) is 0 Å². The monoisotopic (exact) mass is 259 g/mol. The molecule has 1 amide bonds. The largest absolute Gasteiger partial charge is 0.364 e. The summed E-state index contributed by atoms with van der Waals surface area (Å²) in [6.07, 6.45) is 3.74. The van der Waals surface area contributed by atoms with Crippen molar-refractivity contribution in [3.8, 4) is 0 Å². The van der Waals surface area contributed by atoms with E-state index in [1.165, 1.54) is 12.7 Å². The van der Waals surface area contributed by atoms with Crippen molar-refractivity contribution in [3.05, 3.63) is 18.0 Å². The number of halogens is 1. The van der Waals surface area contributed by atoms with Gasteiger partial charge in [-0.05, 0) is 38.8 Å². The molecule has 2 unspecified atom stereocenters. The Bertz CT molecular complexity index is 336. The molecule has 2 heterocycles. The van der Waals surface area contributed by atoms with Crippen LogP contribution in [0.3, 0.4) is 0 Å². The van der Waals surface area contributed by atoms with Crippen molar-refractivity contribution in [1.82, 2.24) is 15.8 Å². The van der Waals surface area contributed by atoms with Gasteiger partial charge in [0.05, 0.1) is 0 Å². The highest BCUT2D eigenvalue weighted by atomic mass is 35.5. The Kier molecular flexibility index (Phi) is 5.44. The molecule has 1 fully saturated rings. The van der Waals surface area contributed by atoms with Crippen LogP contribution in [0.4, 0.5) is 0 Å². The van der Waals surface area contributed by atoms with E-state index < -0.39 is 0 Å². The Balaban J connectivity index is 0.00000144. The predicted molar refractivity (Wildman–Crippen MR) is 66.3 cm³/mol. The van der Waals surface area contributed by atoms with Gasteiger partial charge in [0.2, 0.25) is 0 Å². The van der Waals surface area contributed by atoms with Gasteiger partial charge in [0.1, 0.15) is 6.26 Å². The summed E-state index contributed by atoms with van der Waals surface area (Å²) in [6.45, 7) is 4.09. The summed E-state index contributed by atoms with van der Waals surface area (Å²) < 4.78 is 4.64. The summed E-state index contributed by atoms with van der Waals surface area (Å²) in [5.74, 6) is 0.344. The third-order valence-electron chi connectivity index (χ3n) is 3.07. The van der Waals surface area contributed by atoms with Crippen LogP contribution in [0.5, 0.6) is 0 Å². The maximum Gasteiger partial charge on any atom is 0.273 e. The SMILES string of the molecule is CC(NC(=O)c1ccon1)C1CCCNC1.Cl. The second-order valence-corrected chi connectivity index (χ2v) is 4.25. The van der Waals surface area contributed by atoms with Crippen LogP contribution >= 0.6 is 12.4 Å². The van der Waals surface area contributed by atoms with Crippen molar-refractivity contribution in [3.63, 3.8) is 0 Å². The van der Waals surface area contributed by atoms with E-state index in [0.29, 0.717) is 11.6 Å². The normalized spacial score (nSPS) is 21.4. The molecule has 96 valence electrons. The van der Waals surface area contributed by atoms with E-state index in [1.807, 2.05) is 6.92 Å². The predicted octanol–water partition coefficient (Wildman–Crippen LogP) is 1.21. The van der Waals surface area contributed by atoms with Crippen LogP contribution in [0.15, 0.2) is 16.9 Å². The number of piperidine rings is 1. The van der Waals surface area contributed by atoms with E-state index in [0.717, 1.165) is 19.5 Å². The van der Waals surface area contributed by atoms with Gasteiger partial charge in [-0.25, -0.2) is 0 Å². The number of nitrogens with one attached hydrogen (secondary N) is 2. The Labute approximate surface area is 107 Å². The zero-order valence-electron chi connectivity index (χ0n) is 9.81. The molecule has 17 heavy (non-hydrogen) atoms. The molecule has 1 aliphatic heterocycles. The lowest BCUT2D eigenvalue weighted by Crippen LogP contribution is -2.44. The molecule has 2 N–H and O–H groups in total. The number of amides is 1. The fourth-order valence-electron chi connectivity index (χ4n) is 2.03.